The van der Waals surface area contributed by atoms with E-state index in [1.807, 2.05) is 35.4 Å². The second-order valence-electron chi connectivity index (χ2n) is 5.60. The summed E-state index contributed by atoms with van der Waals surface area (Å²) < 4.78 is 8.52. The zero-order valence-electron chi connectivity index (χ0n) is 12.8. The zero-order valence-corrected chi connectivity index (χ0v) is 15.2. The van der Waals surface area contributed by atoms with E-state index in [1.54, 1.807) is 18.0 Å². The van der Waals surface area contributed by atoms with Gasteiger partial charge < -0.3 is 13.9 Å². The molecule has 3 heterocycles. The molecular formula is C18H15BrN2O2S. The second-order valence-corrected chi connectivity index (χ2v) is 7.58. The fraction of sp³-hybridized carbons (Fsp3) is 0.167. The van der Waals surface area contributed by atoms with E-state index in [4.69, 9.17) is 4.42 Å². The molecule has 0 bridgehead atoms. The Hall–Kier alpha value is -1.92. The highest BCUT2D eigenvalue weighted by molar-refractivity contribution is 9.10. The van der Waals surface area contributed by atoms with Crippen LogP contribution in [0, 0.1) is 0 Å². The number of thioether (sulfide) groups is 1. The molecule has 1 aromatic carbocycles. The van der Waals surface area contributed by atoms with Gasteiger partial charge in [0.05, 0.1) is 18.6 Å². The summed E-state index contributed by atoms with van der Waals surface area (Å²) in [4.78, 5) is 14.1. The molecule has 6 heteroatoms. The number of hydrogen-bond donors (Lipinski definition) is 0. The molecule has 0 radical (unpaired) electrons. The topological polar surface area (TPSA) is 38.4 Å². The first kappa shape index (κ1) is 15.6. The summed E-state index contributed by atoms with van der Waals surface area (Å²) >= 11 is 5.16. The Labute approximate surface area is 152 Å². The highest BCUT2D eigenvalue weighted by Crippen LogP contribution is 2.40. The minimum atomic E-state index is 0.0241. The highest BCUT2D eigenvalue weighted by atomic mass is 79.9. The molecular weight excluding hydrogens is 388 g/mol. The molecule has 0 saturated carbocycles. The van der Waals surface area contributed by atoms with Crippen LogP contribution in [0.1, 0.15) is 16.7 Å². The van der Waals surface area contributed by atoms with Crippen molar-refractivity contribution in [2.24, 2.45) is 0 Å². The quantitative estimate of drug-likeness (QED) is 0.639. The Bertz CT molecular complexity index is 860. The molecule has 1 aliphatic rings. The Morgan fingerprint density at radius 2 is 2.17 bits per heavy atom. The lowest BCUT2D eigenvalue weighted by Crippen LogP contribution is -2.27. The minimum absolute atomic E-state index is 0.0241. The summed E-state index contributed by atoms with van der Waals surface area (Å²) in [7, 11) is 0. The van der Waals surface area contributed by atoms with Crippen molar-refractivity contribution in [2.75, 3.05) is 5.75 Å². The van der Waals surface area contributed by atoms with Crippen LogP contribution >= 0.6 is 27.7 Å². The van der Waals surface area contributed by atoms with E-state index in [9.17, 15) is 4.79 Å². The maximum atomic E-state index is 12.3. The first-order valence-corrected chi connectivity index (χ1v) is 9.42. The first-order chi connectivity index (χ1) is 11.7. The van der Waals surface area contributed by atoms with E-state index in [0.29, 0.717) is 12.3 Å². The number of benzene rings is 1. The number of carbonyl (C=O) groups is 1. The molecule has 24 heavy (non-hydrogen) atoms. The third-order valence-electron chi connectivity index (χ3n) is 3.98. The molecule has 2 aromatic heterocycles. The lowest BCUT2D eigenvalue weighted by atomic mass is 10.3. The standard InChI is InChI=1S/C18H15BrN2O2S/c19-14-3-1-4-15(9-14)20-7-6-13(10-20)18-21(17(22)12-24-18)11-16-5-2-8-23-16/h1-10,18H,11-12H2. The van der Waals surface area contributed by atoms with Crippen LogP contribution in [0.2, 0.25) is 0 Å². The molecule has 122 valence electrons. The maximum absolute atomic E-state index is 12.3. The van der Waals surface area contributed by atoms with Crippen LogP contribution in [-0.2, 0) is 11.3 Å². The molecule has 0 spiro atoms. The molecule has 3 aromatic rings. The molecule has 1 saturated heterocycles. The summed E-state index contributed by atoms with van der Waals surface area (Å²) in [5.41, 5.74) is 2.21. The predicted molar refractivity (Wildman–Crippen MR) is 97.9 cm³/mol. The third-order valence-corrected chi connectivity index (χ3v) is 5.73. The van der Waals surface area contributed by atoms with Crippen LogP contribution < -0.4 is 0 Å². The van der Waals surface area contributed by atoms with Crippen molar-refractivity contribution in [3.05, 3.63) is 76.9 Å². The van der Waals surface area contributed by atoms with Crippen LogP contribution in [0.15, 0.2) is 70.0 Å². The van der Waals surface area contributed by atoms with Gasteiger partial charge in [0.25, 0.3) is 0 Å². The summed E-state index contributed by atoms with van der Waals surface area (Å²) in [5, 5.41) is 0.0241. The average Bonchev–Trinajstić information content (AvgIpc) is 3.30. The van der Waals surface area contributed by atoms with Gasteiger partial charge in [0.2, 0.25) is 5.91 Å². The number of rotatable bonds is 4. The van der Waals surface area contributed by atoms with Crippen molar-refractivity contribution in [3.8, 4) is 5.69 Å². The Kier molecular flexibility index (Phi) is 4.24. The van der Waals surface area contributed by atoms with Crippen molar-refractivity contribution >= 4 is 33.6 Å². The van der Waals surface area contributed by atoms with Crippen molar-refractivity contribution in [1.29, 1.82) is 0 Å². The molecule has 4 rings (SSSR count). The van der Waals surface area contributed by atoms with E-state index in [0.717, 1.165) is 21.5 Å². The number of amides is 1. The lowest BCUT2D eigenvalue weighted by Gasteiger charge is -2.22. The minimum Gasteiger partial charge on any atom is -0.467 e. The van der Waals surface area contributed by atoms with Gasteiger partial charge >= 0.3 is 0 Å². The molecule has 4 nitrogen and oxygen atoms in total. The van der Waals surface area contributed by atoms with Gasteiger partial charge in [-0.15, -0.1) is 11.8 Å². The van der Waals surface area contributed by atoms with E-state index in [2.05, 4.69) is 44.9 Å². The monoisotopic (exact) mass is 402 g/mol. The number of carbonyl (C=O) groups excluding carboxylic acids is 1. The molecule has 1 atom stereocenters. The van der Waals surface area contributed by atoms with Gasteiger partial charge in [-0.2, -0.15) is 0 Å². The Morgan fingerprint density at radius 1 is 1.25 bits per heavy atom. The van der Waals surface area contributed by atoms with Gasteiger partial charge in [0.1, 0.15) is 11.1 Å². The summed E-state index contributed by atoms with van der Waals surface area (Å²) in [5.74, 6) is 1.46. The average molecular weight is 403 g/mol. The van der Waals surface area contributed by atoms with E-state index < -0.39 is 0 Å². The van der Waals surface area contributed by atoms with Gasteiger partial charge in [0, 0.05) is 28.1 Å². The fourth-order valence-electron chi connectivity index (χ4n) is 2.83. The first-order valence-electron chi connectivity index (χ1n) is 7.58. The van der Waals surface area contributed by atoms with Gasteiger partial charge in [-0.3, -0.25) is 4.79 Å². The van der Waals surface area contributed by atoms with Crippen molar-refractivity contribution in [3.63, 3.8) is 0 Å². The lowest BCUT2D eigenvalue weighted by molar-refractivity contribution is -0.128. The molecule has 1 aliphatic heterocycles. The van der Waals surface area contributed by atoms with Crippen LogP contribution in [0.25, 0.3) is 5.69 Å². The predicted octanol–water partition coefficient (Wildman–Crippen LogP) is 4.61. The smallest absolute Gasteiger partial charge is 0.234 e. The van der Waals surface area contributed by atoms with Gasteiger partial charge in [-0.1, -0.05) is 22.0 Å². The summed E-state index contributed by atoms with van der Waals surface area (Å²) in [6, 6.07) is 14.0. The Morgan fingerprint density at radius 3 is 2.96 bits per heavy atom. The zero-order chi connectivity index (χ0) is 16.5. The van der Waals surface area contributed by atoms with Gasteiger partial charge in [0.15, 0.2) is 0 Å². The number of halogens is 1. The maximum Gasteiger partial charge on any atom is 0.234 e. The molecule has 0 aliphatic carbocycles. The fourth-order valence-corrected chi connectivity index (χ4v) is 4.39. The van der Waals surface area contributed by atoms with Gasteiger partial charge in [-0.25, -0.2) is 0 Å². The van der Waals surface area contributed by atoms with Gasteiger partial charge in [-0.05, 0) is 36.4 Å². The van der Waals surface area contributed by atoms with Crippen LogP contribution in [0.5, 0.6) is 0 Å². The van der Waals surface area contributed by atoms with Crippen molar-refractivity contribution < 1.29 is 9.21 Å². The van der Waals surface area contributed by atoms with E-state index in [-0.39, 0.29) is 11.3 Å². The number of furan rings is 1. The Balaban J connectivity index is 1.60. The third kappa shape index (κ3) is 3.03. The van der Waals surface area contributed by atoms with Crippen LogP contribution in [0.3, 0.4) is 0 Å². The normalized spacial score (nSPS) is 17.6. The van der Waals surface area contributed by atoms with Crippen LogP contribution in [-0.4, -0.2) is 21.1 Å². The van der Waals surface area contributed by atoms with Crippen molar-refractivity contribution in [1.82, 2.24) is 9.47 Å². The molecule has 0 N–H and O–H groups in total. The highest BCUT2D eigenvalue weighted by Gasteiger charge is 2.33. The second kappa shape index (κ2) is 6.53. The molecule has 1 fully saturated rings. The van der Waals surface area contributed by atoms with Crippen molar-refractivity contribution in [2.45, 2.75) is 11.9 Å². The number of aromatic nitrogens is 1. The SMILES string of the molecule is O=C1CSC(c2ccn(-c3cccc(Br)c3)c2)N1Cc1ccco1. The van der Waals surface area contributed by atoms with E-state index in [1.165, 1.54) is 0 Å². The van der Waals surface area contributed by atoms with Crippen LogP contribution in [0.4, 0.5) is 0 Å². The molecule has 1 unspecified atom stereocenters. The number of nitrogens with zero attached hydrogens (tertiary/aromatic N) is 2. The summed E-state index contributed by atoms with van der Waals surface area (Å²) in [6.07, 6.45) is 5.76. The van der Waals surface area contributed by atoms with E-state index >= 15 is 0 Å². The molecule has 1 amide bonds. The summed E-state index contributed by atoms with van der Waals surface area (Å²) in [6.45, 7) is 0.506. The largest absolute Gasteiger partial charge is 0.467 e. The number of hydrogen-bond acceptors (Lipinski definition) is 3.